The highest BCUT2D eigenvalue weighted by Crippen LogP contribution is 2.12. The van der Waals surface area contributed by atoms with E-state index >= 15 is 0 Å². The van der Waals surface area contributed by atoms with Crippen LogP contribution in [-0.2, 0) is 6.54 Å². The van der Waals surface area contributed by atoms with Crippen LogP contribution in [-0.4, -0.2) is 25.7 Å². The van der Waals surface area contributed by atoms with Gasteiger partial charge in [-0.3, -0.25) is 14.6 Å². The van der Waals surface area contributed by atoms with Crippen LogP contribution in [0.4, 0.5) is 0 Å². The summed E-state index contributed by atoms with van der Waals surface area (Å²) in [5, 5.41) is 9.02. The summed E-state index contributed by atoms with van der Waals surface area (Å²) in [6.45, 7) is 5.72. The highest BCUT2D eigenvalue weighted by atomic mass is 32.1. The van der Waals surface area contributed by atoms with Crippen LogP contribution in [0, 0.1) is 20.8 Å². The van der Waals surface area contributed by atoms with Crippen molar-refractivity contribution in [3.63, 3.8) is 0 Å². The summed E-state index contributed by atoms with van der Waals surface area (Å²) in [5.41, 5.74) is 2.05. The van der Waals surface area contributed by atoms with Crippen molar-refractivity contribution in [3.05, 3.63) is 61.5 Å². The van der Waals surface area contributed by atoms with E-state index in [1.54, 1.807) is 32.1 Å². The van der Waals surface area contributed by atoms with E-state index in [0.29, 0.717) is 35.0 Å². The summed E-state index contributed by atoms with van der Waals surface area (Å²) in [6.07, 6.45) is 1.48. The molecule has 3 aromatic heterocycles. The van der Waals surface area contributed by atoms with Gasteiger partial charge in [0.2, 0.25) is 5.95 Å². The van der Waals surface area contributed by atoms with E-state index in [9.17, 15) is 9.59 Å². The first kappa shape index (κ1) is 16.1. The molecule has 0 aliphatic heterocycles. The summed E-state index contributed by atoms with van der Waals surface area (Å²) in [6, 6.07) is 3.90. The first-order chi connectivity index (χ1) is 11.5. The van der Waals surface area contributed by atoms with Crippen LogP contribution in [0.25, 0.3) is 5.95 Å². The van der Waals surface area contributed by atoms with Crippen molar-refractivity contribution in [1.29, 1.82) is 0 Å². The number of hydrogen-bond donors (Lipinski definition) is 2. The molecule has 0 spiro atoms. The van der Waals surface area contributed by atoms with E-state index < -0.39 is 0 Å². The molecule has 3 rings (SSSR count). The summed E-state index contributed by atoms with van der Waals surface area (Å²) in [5.74, 6) is 0.0937. The number of amides is 1. The minimum atomic E-state index is -0.212. The number of carbonyl (C=O) groups is 1. The molecule has 124 valence electrons. The zero-order valence-corrected chi connectivity index (χ0v) is 14.4. The van der Waals surface area contributed by atoms with Crippen LogP contribution < -0.4 is 10.9 Å². The summed E-state index contributed by atoms with van der Waals surface area (Å²) in [4.78, 5) is 32.3. The highest BCUT2D eigenvalue weighted by Gasteiger charge is 2.17. The van der Waals surface area contributed by atoms with Gasteiger partial charge >= 0.3 is 0 Å². The van der Waals surface area contributed by atoms with Crippen molar-refractivity contribution in [2.75, 3.05) is 0 Å². The number of rotatable bonds is 4. The van der Waals surface area contributed by atoms with Crippen LogP contribution in [0.15, 0.2) is 28.5 Å². The molecule has 0 bridgehead atoms. The van der Waals surface area contributed by atoms with Gasteiger partial charge in [-0.15, -0.1) is 11.3 Å². The van der Waals surface area contributed by atoms with Crippen molar-refractivity contribution in [2.24, 2.45) is 0 Å². The third-order valence-electron chi connectivity index (χ3n) is 3.84. The zero-order chi connectivity index (χ0) is 17.3. The number of thiophene rings is 1. The van der Waals surface area contributed by atoms with Gasteiger partial charge in [-0.25, -0.2) is 9.67 Å². The van der Waals surface area contributed by atoms with E-state index in [0.717, 1.165) is 4.88 Å². The lowest BCUT2D eigenvalue weighted by atomic mass is 10.2. The topological polar surface area (TPSA) is 92.7 Å². The second kappa shape index (κ2) is 6.40. The minimum absolute atomic E-state index is 0.210. The second-order valence-corrected chi connectivity index (χ2v) is 6.45. The molecule has 2 N–H and O–H groups in total. The van der Waals surface area contributed by atoms with Crippen LogP contribution in [0.5, 0.6) is 0 Å². The van der Waals surface area contributed by atoms with Gasteiger partial charge in [0.25, 0.3) is 11.5 Å². The Balaban J connectivity index is 1.86. The lowest BCUT2D eigenvalue weighted by Crippen LogP contribution is -2.23. The van der Waals surface area contributed by atoms with Gasteiger partial charge in [0.05, 0.1) is 24.0 Å². The van der Waals surface area contributed by atoms with E-state index in [1.165, 1.54) is 10.9 Å². The Hall–Kier alpha value is -2.74. The number of aryl methyl sites for hydroxylation is 1. The molecular formula is C16H17N5O2S. The first-order valence-electron chi connectivity index (χ1n) is 7.40. The van der Waals surface area contributed by atoms with Gasteiger partial charge in [0.1, 0.15) is 0 Å². The van der Waals surface area contributed by atoms with Gasteiger partial charge in [-0.1, -0.05) is 6.07 Å². The number of nitrogens with zero attached hydrogens (tertiary/aromatic N) is 3. The molecule has 0 unspecified atom stereocenters. The van der Waals surface area contributed by atoms with E-state index in [1.807, 2.05) is 17.5 Å². The van der Waals surface area contributed by atoms with E-state index in [4.69, 9.17) is 0 Å². The SMILES string of the molecule is Cc1nc(-n2ncc(C(=O)NCc3cccs3)c2C)[nH]c(=O)c1C. The Kier molecular flexibility index (Phi) is 4.30. The number of H-pyrrole nitrogens is 1. The van der Waals surface area contributed by atoms with Crippen molar-refractivity contribution in [1.82, 2.24) is 25.1 Å². The molecule has 0 saturated carbocycles. The van der Waals surface area contributed by atoms with Crippen molar-refractivity contribution >= 4 is 17.2 Å². The van der Waals surface area contributed by atoms with Crippen LogP contribution >= 0.6 is 11.3 Å². The third-order valence-corrected chi connectivity index (χ3v) is 4.72. The zero-order valence-electron chi connectivity index (χ0n) is 13.6. The molecular weight excluding hydrogens is 326 g/mol. The molecule has 24 heavy (non-hydrogen) atoms. The molecule has 0 aliphatic carbocycles. The fourth-order valence-electron chi connectivity index (χ4n) is 2.25. The molecule has 0 aromatic carbocycles. The number of aromatic nitrogens is 4. The van der Waals surface area contributed by atoms with E-state index in [-0.39, 0.29) is 11.5 Å². The maximum Gasteiger partial charge on any atom is 0.255 e. The van der Waals surface area contributed by atoms with Crippen LogP contribution in [0.1, 0.15) is 32.2 Å². The van der Waals surface area contributed by atoms with Gasteiger partial charge in [0.15, 0.2) is 0 Å². The normalized spacial score (nSPS) is 10.8. The predicted molar refractivity (Wildman–Crippen MR) is 91.7 cm³/mol. The van der Waals surface area contributed by atoms with Crippen molar-refractivity contribution in [3.8, 4) is 5.95 Å². The lowest BCUT2D eigenvalue weighted by Gasteiger charge is -2.07. The molecule has 0 atom stereocenters. The lowest BCUT2D eigenvalue weighted by molar-refractivity contribution is 0.0950. The number of nitrogens with one attached hydrogen (secondary N) is 2. The van der Waals surface area contributed by atoms with Crippen LogP contribution in [0.3, 0.4) is 0 Å². The average Bonchev–Trinajstić information content (AvgIpc) is 3.19. The largest absolute Gasteiger partial charge is 0.347 e. The first-order valence-corrected chi connectivity index (χ1v) is 8.28. The fourth-order valence-corrected chi connectivity index (χ4v) is 2.90. The molecule has 0 aliphatic rings. The van der Waals surface area contributed by atoms with Crippen molar-refractivity contribution < 1.29 is 4.79 Å². The maximum absolute atomic E-state index is 12.3. The Morgan fingerprint density at radius 3 is 2.83 bits per heavy atom. The Labute approximate surface area is 142 Å². The summed E-state index contributed by atoms with van der Waals surface area (Å²) in [7, 11) is 0. The number of aromatic amines is 1. The van der Waals surface area contributed by atoms with Gasteiger partial charge < -0.3 is 5.32 Å². The molecule has 0 fully saturated rings. The second-order valence-electron chi connectivity index (χ2n) is 5.42. The third kappa shape index (κ3) is 3.00. The molecule has 3 heterocycles. The van der Waals surface area contributed by atoms with E-state index in [2.05, 4.69) is 20.4 Å². The van der Waals surface area contributed by atoms with Gasteiger partial charge in [0, 0.05) is 16.1 Å². The Morgan fingerprint density at radius 2 is 2.17 bits per heavy atom. The monoisotopic (exact) mass is 343 g/mol. The minimum Gasteiger partial charge on any atom is -0.347 e. The molecule has 8 heteroatoms. The van der Waals surface area contributed by atoms with Gasteiger partial charge in [-0.05, 0) is 32.2 Å². The van der Waals surface area contributed by atoms with Crippen molar-refractivity contribution in [2.45, 2.75) is 27.3 Å². The Morgan fingerprint density at radius 1 is 1.38 bits per heavy atom. The quantitative estimate of drug-likeness (QED) is 0.756. The molecule has 3 aromatic rings. The highest BCUT2D eigenvalue weighted by molar-refractivity contribution is 7.09. The maximum atomic E-state index is 12.3. The summed E-state index contributed by atoms with van der Waals surface area (Å²) < 4.78 is 1.47. The smallest absolute Gasteiger partial charge is 0.255 e. The van der Waals surface area contributed by atoms with Gasteiger partial charge in [-0.2, -0.15) is 5.10 Å². The average molecular weight is 343 g/mol. The van der Waals surface area contributed by atoms with Crippen LogP contribution in [0.2, 0.25) is 0 Å². The molecule has 0 saturated heterocycles. The Bertz CT molecular complexity index is 940. The molecule has 7 nitrogen and oxygen atoms in total. The molecule has 1 amide bonds. The fraction of sp³-hybridized carbons (Fsp3) is 0.250. The number of carbonyl (C=O) groups excluding carboxylic acids is 1. The summed E-state index contributed by atoms with van der Waals surface area (Å²) >= 11 is 1.59. The standard InChI is InChI=1S/C16H17N5O2S/c1-9-10(2)19-16(20-14(9)22)21-11(3)13(8-18-21)15(23)17-7-12-5-4-6-24-12/h4-6,8H,7H2,1-3H3,(H,17,23)(H,19,20,22). The molecule has 0 radical (unpaired) electrons. The number of hydrogen-bond acceptors (Lipinski definition) is 5. The predicted octanol–water partition coefficient (Wildman–Crippen LogP) is 1.87.